The second-order valence-corrected chi connectivity index (χ2v) is 4.86. The Labute approximate surface area is 89.3 Å². The maximum atomic E-state index is 11.6. The predicted octanol–water partition coefficient (Wildman–Crippen LogP) is 1.11. The number of aliphatic carboxylic acids is 1. The van der Waals surface area contributed by atoms with Crippen molar-refractivity contribution in [3.63, 3.8) is 0 Å². The maximum Gasteiger partial charge on any atom is 0.308 e. The van der Waals surface area contributed by atoms with E-state index in [-0.39, 0.29) is 12.3 Å². The van der Waals surface area contributed by atoms with Crippen molar-refractivity contribution in [2.45, 2.75) is 38.6 Å². The van der Waals surface area contributed by atoms with E-state index < -0.39 is 11.9 Å². The third-order valence-corrected chi connectivity index (χ3v) is 3.62. The summed E-state index contributed by atoms with van der Waals surface area (Å²) in [6.07, 6.45) is 3.43. The summed E-state index contributed by atoms with van der Waals surface area (Å²) in [4.78, 5) is 24.2. The van der Waals surface area contributed by atoms with Gasteiger partial charge in [-0.15, -0.1) is 0 Å². The quantitative estimate of drug-likeness (QED) is 0.744. The molecule has 1 heterocycles. The van der Waals surface area contributed by atoms with Gasteiger partial charge >= 0.3 is 5.97 Å². The molecule has 1 aliphatic carbocycles. The number of carboxylic acids is 1. The topological polar surface area (TPSA) is 57.6 Å². The summed E-state index contributed by atoms with van der Waals surface area (Å²) in [5, 5.41) is 8.86. The summed E-state index contributed by atoms with van der Waals surface area (Å²) in [6.45, 7) is 2.61. The number of rotatable bonds is 2. The molecule has 1 aliphatic heterocycles. The zero-order chi connectivity index (χ0) is 11.0. The van der Waals surface area contributed by atoms with Crippen molar-refractivity contribution in [3.05, 3.63) is 0 Å². The lowest BCUT2D eigenvalue weighted by molar-refractivity contribution is -0.141. The van der Waals surface area contributed by atoms with Crippen LogP contribution in [0.5, 0.6) is 0 Å². The summed E-state index contributed by atoms with van der Waals surface area (Å²) in [5.41, 5.74) is 0. The first-order valence-corrected chi connectivity index (χ1v) is 5.60. The highest BCUT2D eigenvalue weighted by molar-refractivity contribution is 5.86. The zero-order valence-electron chi connectivity index (χ0n) is 8.98. The molecule has 84 valence electrons. The van der Waals surface area contributed by atoms with Crippen molar-refractivity contribution in [2.75, 3.05) is 6.54 Å². The molecule has 0 aromatic rings. The molecule has 1 saturated heterocycles. The Hall–Kier alpha value is -1.06. The summed E-state index contributed by atoms with van der Waals surface area (Å²) >= 11 is 0. The largest absolute Gasteiger partial charge is 0.481 e. The van der Waals surface area contributed by atoms with Gasteiger partial charge in [-0.25, -0.2) is 0 Å². The molecule has 15 heavy (non-hydrogen) atoms. The first kappa shape index (κ1) is 10.5. The molecular weight excluding hydrogens is 194 g/mol. The van der Waals surface area contributed by atoms with E-state index in [2.05, 4.69) is 6.92 Å². The Morgan fingerprint density at radius 3 is 2.67 bits per heavy atom. The zero-order valence-corrected chi connectivity index (χ0v) is 8.98. The van der Waals surface area contributed by atoms with Gasteiger partial charge in [0.1, 0.15) is 0 Å². The van der Waals surface area contributed by atoms with Gasteiger partial charge in [-0.05, 0) is 25.2 Å². The van der Waals surface area contributed by atoms with E-state index >= 15 is 0 Å². The van der Waals surface area contributed by atoms with Crippen molar-refractivity contribution in [3.8, 4) is 0 Å². The SMILES string of the molecule is CC1CCC(N2CC(C(=O)O)CC2=O)C1. The van der Waals surface area contributed by atoms with Gasteiger partial charge < -0.3 is 10.0 Å². The van der Waals surface area contributed by atoms with Crippen molar-refractivity contribution >= 4 is 11.9 Å². The molecule has 3 unspecified atom stereocenters. The fraction of sp³-hybridized carbons (Fsp3) is 0.818. The van der Waals surface area contributed by atoms with Crippen molar-refractivity contribution < 1.29 is 14.7 Å². The molecule has 0 spiro atoms. The van der Waals surface area contributed by atoms with Crippen LogP contribution in [0.25, 0.3) is 0 Å². The van der Waals surface area contributed by atoms with Gasteiger partial charge in [-0.3, -0.25) is 9.59 Å². The van der Waals surface area contributed by atoms with Crippen LogP contribution in [0.15, 0.2) is 0 Å². The van der Waals surface area contributed by atoms with E-state index in [0.717, 1.165) is 19.3 Å². The Morgan fingerprint density at radius 2 is 2.20 bits per heavy atom. The van der Waals surface area contributed by atoms with Crippen LogP contribution in [-0.4, -0.2) is 34.5 Å². The molecule has 1 saturated carbocycles. The minimum absolute atomic E-state index is 0.0292. The van der Waals surface area contributed by atoms with Gasteiger partial charge in [0.25, 0.3) is 0 Å². The number of carbonyl (C=O) groups excluding carboxylic acids is 1. The van der Waals surface area contributed by atoms with Crippen molar-refractivity contribution in [2.24, 2.45) is 11.8 Å². The molecular formula is C11H17NO3. The minimum Gasteiger partial charge on any atom is -0.481 e. The van der Waals surface area contributed by atoms with Crippen molar-refractivity contribution in [1.29, 1.82) is 0 Å². The summed E-state index contributed by atoms with van der Waals surface area (Å²) in [6, 6.07) is 0.303. The van der Waals surface area contributed by atoms with Crippen LogP contribution in [0.2, 0.25) is 0 Å². The Bertz CT molecular complexity index is 290. The molecule has 1 amide bonds. The van der Waals surface area contributed by atoms with Crippen LogP contribution < -0.4 is 0 Å². The monoisotopic (exact) mass is 211 g/mol. The van der Waals surface area contributed by atoms with Crippen LogP contribution >= 0.6 is 0 Å². The second-order valence-electron chi connectivity index (χ2n) is 4.86. The van der Waals surface area contributed by atoms with Crippen LogP contribution in [0.1, 0.15) is 32.6 Å². The average molecular weight is 211 g/mol. The third kappa shape index (κ3) is 1.98. The van der Waals surface area contributed by atoms with Crippen LogP contribution in [-0.2, 0) is 9.59 Å². The molecule has 0 bridgehead atoms. The van der Waals surface area contributed by atoms with E-state index in [1.54, 1.807) is 4.90 Å². The predicted molar refractivity (Wildman–Crippen MR) is 54.3 cm³/mol. The Morgan fingerprint density at radius 1 is 1.47 bits per heavy atom. The van der Waals surface area contributed by atoms with E-state index in [9.17, 15) is 9.59 Å². The average Bonchev–Trinajstić information content (AvgIpc) is 2.71. The highest BCUT2D eigenvalue weighted by Crippen LogP contribution is 2.32. The maximum absolute atomic E-state index is 11.6. The van der Waals surface area contributed by atoms with Gasteiger partial charge in [0.05, 0.1) is 5.92 Å². The molecule has 2 rings (SSSR count). The first-order chi connectivity index (χ1) is 7.08. The number of carbonyl (C=O) groups is 2. The number of carboxylic acid groups (broad SMARTS) is 1. The molecule has 0 aromatic carbocycles. The number of amides is 1. The lowest BCUT2D eigenvalue weighted by Gasteiger charge is -2.23. The van der Waals surface area contributed by atoms with E-state index in [0.29, 0.717) is 18.5 Å². The van der Waals surface area contributed by atoms with E-state index in [4.69, 9.17) is 5.11 Å². The smallest absolute Gasteiger partial charge is 0.308 e. The third-order valence-electron chi connectivity index (χ3n) is 3.62. The van der Waals surface area contributed by atoms with Gasteiger partial charge in [-0.2, -0.15) is 0 Å². The van der Waals surface area contributed by atoms with Gasteiger partial charge in [0.2, 0.25) is 5.91 Å². The first-order valence-electron chi connectivity index (χ1n) is 5.60. The number of likely N-dealkylation sites (tertiary alicyclic amines) is 1. The molecule has 4 nitrogen and oxygen atoms in total. The van der Waals surface area contributed by atoms with Gasteiger partial charge in [0, 0.05) is 19.0 Å². The lowest BCUT2D eigenvalue weighted by Crippen LogP contribution is -2.35. The molecule has 1 N–H and O–H groups in total. The molecule has 0 aromatic heterocycles. The molecule has 0 radical (unpaired) electrons. The number of hydrogen-bond donors (Lipinski definition) is 1. The van der Waals surface area contributed by atoms with Crippen LogP contribution in [0, 0.1) is 11.8 Å². The highest BCUT2D eigenvalue weighted by Gasteiger charge is 2.39. The van der Waals surface area contributed by atoms with Crippen molar-refractivity contribution in [1.82, 2.24) is 4.90 Å². The van der Waals surface area contributed by atoms with Gasteiger partial charge in [-0.1, -0.05) is 6.92 Å². The fourth-order valence-electron chi connectivity index (χ4n) is 2.71. The lowest BCUT2D eigenvalue weighted by atomic mass is 10.1. The summed E-state index contributed by atoms with van der Waals surface area (Å²) in [5.74, 6) is -0.613. The second kappa shape index (κ2) is 3.83. The Balaban J connectivity index is 1.99. The fourth-order valence-corrected chi connectivity index (χ4v) is 2.71. The summed E-state index contributed by atoms with van der Waals surface area (Å²) in [7, 11) is 0. The minimum atomic E-state index is -0.836. The molecule has 4 heteroatoms. The number of nitrogens with zero attached hydrogens (tertiary/aromatic N) is 1. The molecule has 3 atom stereocenters. The standard InChI is InChI=1S/C11H17NO3/c1-7-2-3-9(4-7)12-6-8(11(14)15)5-10(12)13/h7-9H,2-6H2,1H3,(H,14,15). The van der Waals surface area contributed by atoms with E-state index in [1.807, 2.05) is 0 Å². The van der Waals surface area contributed by atoms with E-state index in [1.165, 1.54) is 0 Å². The van der Waals surface area contributed by atoms with Gasteiger partial charge in [0.15, 0.2) is 0 Å². The molecule has 2 fully saturated rings. The normalized spacial score (nSPS) is 36.2. The molecule has 2 aliphatic rings. The Kier molecular flexibility index (Phi) is 2.67. The highest BCUT2D eigenvalue weighted by atomic mass is 16.4. The van der Waals surface area contributed by atoms with Crippen LogP contribution in [0.3, 0.4) is 0 Å². The summed E-state index contributed by atoms with van der Waals surface area (Å²) < 4.78 is 0. The number of hydrogen-bond acceptors (Lipinski definition) is 2. The van der Waals surface area contributed by atoms with Crippen LogP contribution in [0.4, 0.5) is 0 Å².